The molecule has 0 amide bonds. The Morgan fingerprint density at radius 3 is 2.60 bits per heavy atom. The van der Waals surface area contributed by atoms with Crippen molar-refractivity contribution in [1.29, 1.82) is 0 Å². The monoisotopic (exact) mass is 443 g/mol. The lowest BCUT2D eigenvalue weighted by atomic mass is 10.2. The van der Waals surface area contributed by atoms with Gasteiger partial charge in [0, 0.05) is 28.7 Å². The van der Waals surface area contributed by atoms with Crippen LogP contribution in [0.15, 0.2) is 52.0 Å². The Bertz CT molecular complexity index is 1110. The van der Waals surface area contributed by atoms with Crippen molar-refractivity contribution in [3.05, 3.63) is 67.8 Å². The fourth-order valence-corrected chi connectivity index (χ4v) is 4.45. The molecule has 0 atom stereocenters. The highest BCUT2D eigenvalue weighted by atomic mass is 79.9. The summed E-state index contributed by atoms with van der Waals surface area (Å²) >= 11 is 9.08. The lowest BCUT2D eigenvalue weighted by Gasteiger charge is -2.08. The molecule has 10 heteroatoms. The SMILES string of the molecule is NCc1cn(S(=O)(=O)c2ccc(Cl)c([N+](=O)[O-])c2)c2cc(Br)ccc12. The van der Waals surface area contributed by atoms with Crippen LogP contribution in [0.3, 0.4) is 0 Å². The van der Waals surface area contributed by atoms with Gasteiger partial charge in [0.2, 0.25) is 0 Å². The van der Waals surface area contributed by atoms with Crippen molar-refractivity contribution < 1.29 is 13.3 Å². The van der Waals surface area contributed by atoms with E-state index in [2.05, 4.69) is 15.9 Å². The third-order valence-electron chi connectivity index (χ3n) is 3.71. The molecule has 3 aromatic rings. The van der Waals surface area contributed by atoms with E-state index in [4.69, 9.17) is 17.3 Å². The number of nitro benzene ring substituents is 1. The first kappa shape index (κ1) is 17.9. The summed E-state index contributed by atoms with van der Waals surface area (Å²) in [5.74, 6) is 0. The van der Waals surface area contributed by atoms with Gasteiger partial charge < -0.3 is 5.73 Å². The lowest BCUT2D eigenvalue weighted by Crippen LogP contribution is -2.12. The van der Waals surface area contributed by atoms with Gasteiger partial charge in [0.15, 0.2) is 0 Å². The van der Waals surface area contributed by atoms with Gasteiger partial charge in [-0.3, -0.25) is 10.1 Å². The van der Waals surface area contributed by atoms with Crippen molar-refractivity contribution in [2.24, 2.45) is 5.73 Å². The number of halogens is 2. The Hall–Kier alpha value is -1.94. The summed E-state index contributed by atoms with van der Waals surface area (Å²) < 4.78 is 27.8. The highest BCUT2D eigenvalue weighted by Crippen LogP contribution is 2.31. The minimum atomic E-state index is -4.07. The second-order valence-electron chi connectivity index (χ2n) is 5.19. The molecule has 25 heavy (non-hydrogen) atoms. The lowest BCUT2D eigenvalue weighted by molar-refractivity contribution is -0.384. The highest BCUT2D eigenvalue weighted by molar-refractivity contribution is 9.10. The van der Waals surface area contributed by atoms with Gasteiger partial charge in [-0.05, 0) is 29.8 Å². The number of benzene rings is 2. The Morgan fingerprint density at radius 2 is 1.96 bits per heavy atom. The number of hydrogen-bond donors (Lipinski definition) is 1. The quantitative estimate of drug-likeness (QED) is 0.488. The van der Waals surface area contributed by atoms with E-state index in [0.717, 1.165) is 10.0 Å². The van der Waals surface area contributed by atoms with Crippen molar-refractivity contribution in [3.8, 4) is 0 Å². The molecule has 0 aliphatic rings. The molecular formula is C15H11BrClN3O4S. The molecule has 7 nitrogen and oxygen atoms in total. The third kappa shape index (κ3) is 3.04. The van der Waals surface area contributed by atoms with Gasteiger partial charge in [-0.25, -0.2) is 12.4 Å². The van der Waals surface area contributed by atoms with E-state index in [0.29, 0.717) is 20.9 Å². The Labute approximate surface area is 156 Å². The Kier molecular flexibility index (Phi) is 4.58. The number of rotatable bonds is 4. The van der Waals surface area contributed by atoms with Crippen molar-refractivity contribution in [3.63, 3.8) is 0 Å². The van der Waals surface area contributed by atoms with E-state index in [1.807, 2.05) is 0 Å². The number of aromatic nitrogens is 1. The molecule has 2 N–H and O–H groups in total. The average molecular weight is 445 g/mol. The van der Waals surface area contributed by atoms with Gasteiger partial charge in [0.05, 0.1) is 15.3 Å². The normalized spacial score (nSPS) is 11.8. The summed E-state index contributed by atoms with van der Waals surface area (Å²) in [6.45, 7) is 0.154. The number of nitrogens with two attached hydrogens (primary N) is 1. The smallest absolute Gasteiger partial charge is 0.289 e. The maximum Gasteiger partial charge on any atom is 0.289 e. The largest absolute Gasteiger partial charge is 0.326 e. The molecule has 0 aliphatic carbocycles. The van der Waals surface area contributed by atoms with Gasteiger partial charge in [0.1, 0.15) is 5.02 Å². The molecule has 3 rings (SSSR count). The van der Waals surface area contributed by atoms with Gasteiger partial charge in [-0.2, -0.15) is 0 Å². The van der Waals surface area contributed by atoms with Crippen molar-refractivity contribution >= 4 is 54.1 Å². The fraction of sp³-hybridized carbons (Fsp3) is 0.0667. The van der Waals surface area contributed by atoms with Crippen LogP contribution >= 0.6 is 27.5 Å². The van der Waals surface area contributed by atoms with E-state index in [1.165, 1.54) is 18.3 Å². The van der Waals surface area contributed by atoms with Crippen LogP contribution in [-0.2, 0) is 16.6 Å². The van der Waals surface area contributed by atoms with E-state index in [1.54, 1.807) is 18.2 Å². The van der Waals surface area contributed by atoms with Crippen molar-refractivity contribution in [1.82, 2.24) is 3.97 Å². The first-order chi connectivity index (χ1) is 11.8. The zero-order valence-electron chi connectivity index (χ0n) is 12.5. The van der Waals surface area contributed by atoms with E-state index in [-0.39, 0.29) is 16.5 Å². The maximum atomic E-state index is 13.0. The molecule has 0 aliphatic heterocycles. The molecule has 1 aromatic heterocycles. The molecule has 0 saturated heterocycles. The molecule has 0 unspecified atom stereocenters. The third-order valence-corrected chi connectivity index (χ3v) is 6.19. The van der Waals surface area contributed by atoms with Crippen LogP contribution in [0.5, 0.6) is 0 Å². The molecule has 0 bridgehead atoms. The van der Waals surface area contributed by atoms with Gasteiger partial charge in [0.25, 0.3) is 15.7 Å². The first-order valence-electron chi connectivity index (χ1n) is 6.95. The Morgan fingerprint density at radius 1 is 1.24 bits per heavy atom. The number of hydrogen-bond acceptors (Lipinski definition) is 5. The summed E-state index contributed by atoms with van der Waals surface area (Å²) in [6, 6.07) is 8.57. The van der Waals surface area contributed by atoms with Crippen LogP contribution in [0, 0.1) is 10.1 Å². The minimum Gasteiger partial charge on any atom is -0.326 e. The summed E-state index contributed by atoms with van der Waals surface area (Å²) in [4.78, 5) is 10.1. The van der Waals surface area contributed by atoms with Crippen molar-refractivity contribution in [2.75, 3.05) is 0 Å². The summed E-state index contributed by atoms with van der Waals surface area (Å²) in [5, 5.41) is 11.6. The Balaban J connectivity index is 2.29. The summed E-state index contributed by atoms with van der Waals surface area (Å²) in [6.07, 6.45) is 1.42. The van der Waals surface area contributed by atoms with Crippen LogP contribution in [0.2, 0.25) is 5.02 Å². The zero-order chi connectivity index (χ0) is 18.4. The van der Waals surface area contributed by atoms with Crippen LogP contribution < -0.4 is 5.73 Å². The second-order valence-corrected chi connectivity index (χ2v) is 8.33. The zero-order valence-corrected chi connectivity index (χ0v) is 15.7. The van der Waals surface area contributed by atoms with Crippen LogP contribution in [-0.4, -0.2) is 17.3 Å². The molecule has 130 valence electrons. The van der Waals surface area contributed by atoms with Crippen LogP contribution in [0.1, 0.15) is 5.56 Å². The highest BCUT2D eigenvalue weighted by Gasteiger charge is 2.24. The number of nitrogens with zero attached hydrogens (tertiary/aromatic N) is 2. The molecule has 1 heterocycles. The molecule has 0 saturated carbocycles. The second kappa shape index (κ2) is 6.41. The molecule has 2 aromatic carbocycles. The topological polar surface area (TPSA) is 108 Å². The van der Waals surface area contributed by atoms with Crippen LogP contribution in [0.4, 0.5) is 5.69 Å². The predicted octanol–water partition coefficient (Wildman–Crippen LogP) is 3.66. The van der Waals surface area contributed by atoms with Gasteiger partial charge >= 0.3 is 0 Å². The molecule has 0 spiro atoms. The van der Waals surface area contributed by atoms with Crippen molar-refractivity contribution in [2.45, 2.75) is 11.4 Å². The first-order valence-corrected chi connectivity index (χ1v) is 9.56. The van der Waals surface area contributed by atoms with Crippen LogP contribution in [0.25, 0.3) is 10.9 Å². The fourth-order valence-electron chi connectivity index (χ4n) is 2.51. The molecule has 0 fully saturated rings. The van der Waals surface area contributed by atoms with E-state index >= 15 is 0 Å². The van der Waals surface area contributed by atoms with Gasteiger partial charge in [-0.1, -0.05) is 33.6 Å². The van der Waals surface area contributed by atoms with Gasteiger partial charge in [-0.15, -0.1) is 0 Å². The number of fused-ring (bicyclic) bond motifs is 1. The van der Waals surface area contributed by atoms with E-state index in [9.17, 15) is 18.5 Å². The number of nitro groups is 1. The predicted molar refractivity (Wildman–Crippen MR) is 98.2 cm³/mol. The maximum absolute atomic E-state index is 13.0. The molecular weight excluding hydrogens is 434 g/mol. The summed E-state index contributed by atoms with van der Waals surface area (Å²) in [5.41, 5.74) is 6.30. The standard InChI is InChI=1S/C15H11BrClN3O4S/c16-10-1-3-12-9(7-18)8-19(14(12)5-10)25(23,24)11-2-4-13(17)15(6-11)20(21)22/h1-6,8H,7,18H2. The minimum absolute atomic E-state index is 0.133. The molecule has 0 radical (unpaired) electrons. The average Bonchev–Trinajstić information content (AvgIpc) is 2.93. The van der Waals surface area contributed by atoms with E-state index < -0.39 is 20.6 Å². The summed E-state index contributed by atoms with van der Waals surface area (Å²) in [7, 11) is -4.07.